The lowest BCUT2D eigenvalue weighted by atomic mass is 10.2. The van der Waals surface area contributed by atoms with Crippen molar-refractivity contribution in [1.29, 1.82) is 0 Å². The van der Waals surface area contributed by atoms with E-state index in [0.29, 0.717) is 13.1 Å². The summed E-state index contributed by atoms with van der Waals surface area (Å²) in [7, 11) is 1.64. The highest BCUT2D eigenvalue weighted by atomic mass is 16.5. The SMILES string of the molecule is CCN(Cc1ccc(OC)cc1)C(=O)C1CC1N. The molecule has 1 amide bonds. The van der Waals surface area contributed by atoms with E-state index in [1.165, 1.54) is 0 Å². The molecule has 0 aromatic heterocycles. The molecule has 1 aliphatic rings. The minimum absolute atomic E-state index is 0.0446. The number of hydrogen-bond acceptors (Lipinski definition) is 3. The lowest BCUT2D eigenvalue weighted by molar-refractivity contribution is -0.133. The number of rotatable bonds is 5. The first-order valence-corrected chi connectivity index (χ1v) is 6.33. The van der Waals surface area contributed by atoms with Crippen molar-refractivity contribution in [3.05, 3.63) is 29.8 Å². The Morgan fingerprint density at radius 2 is 2.06 bits per heavy atom. The molecule has 2 atom stereocenters. The van der Waals surface area contributed by atoms with Gasteiger partial charge in [0.25, 0.3) is 0 Å². The maximum atomic E-state index is 12.1. The van der Waals surface area contributed by atoms with Gasteiger partial charge in [0, 0.05) is 19.1 Å². The monoisotopic (exact) mass is 248 g/mol. The summed E-state index contributed by atoms with van der Waals surface area (Å²) in [5.41, 5.74) is 6.84. The fourth-order valence-corrected chi connectivity index (χ4v) is 2.03. The van der Waals surface area contributed by atoms with E-state index in [0.717, 1.165) is 17.7 Å². The summed E-state index contributed by atoms with van der Waals surface area (Å²) in [5.74, 6) is 1.06. The topological polar surface area (TPSA) is 55.6 Å². The van der Waals surface area contributed by atoms with E-state index < -0.39 is 0 Å². The molecule has 18 heavy (non-hydrogen) atoms. The first kappa shape index (κ1) is 12.9. The summed E-state index contributed by atoms with van der Waals surface area (Å²) >= 11 is 0. The van der Waals surface area contributed by atoms with Gasteiger partial charge in [-0.2, -0.15) is 0 Å². The van der Waals surface area contributed by atoms with Crippen LogP contribution in [0.1, 0.15) is 18.9 Å². The van der Waals surface area contributed by atoms with Gasteiger partial charge in [-0.15, -0.1) is 0 Å². The quantitative estimate of drug-likeness (QED) is 0.856. The summed E-state index contributed by atoms with van der Waals surface area (Å²) in [4.78, 5) is 14.0. The zero-order chi connectivity index (χ0) is 13.1. The summed E-state index contributed by atoms with van der Waals surface area (Å²) in [6, 6.07) is 7.87. The van der Waals surface area contributed by atoms with Gasteiger partial charge in [0.2, 0.25) is 5.91 Å². The largest absolute Gasteiger partial charge is 0.497 e. The van der Waals surface area contributed by atoms with Crippen LogP contribution < -0.4 is 10.5 Å². The van der Waals surface area contributed by atoms with E-state index in [9.17, 15) is 4.79 Å². The van der Waals surface area contributed by atoms with Crippen molar-refractivity contribution in [1.82, 2.24) is 4.90 Å². The summed E-state index contributed by atoms with van der Waals surface area (Å²) < 4.78 is 5.11. The van der Waals surface area contributed by atoms with Crippen molar-refractivity contribution < 1.29 is 9.53 Å². The number of carbonyl (C=O) groups excluding carboxylic acids is 1. The highest BCUT2D eigenvalue weighted by Crippen LogP contribution is 2.30. The zero-order valence-corrected chi connectivity index (χ0v) is 10.9. The third-order valence-corrected chi connectivity index (χ3v) is 3.38. The van der Waals surface area contributed by atoms with Crippen LogP contribution in [0.25, 0.3) is 0 Å². The van der Waals surface area contributed by atoms with Crippen LogP contribution in [0, 0.1) is 5.92 Å². The molecule has 1 aromatic carbocycles. The summed E-state index contributed by atoms with van der Waals surface area (Å²) in [6.45, 7) is 3.35. The maximum absolute atomic E-state index is 12.1. The van der Waals surface area contributed by atoms with Crippen LogP contribution in [0.15, 0.2) is 24.3 Å². The van der Waals surface area contributed by atoms with Gasteiger partial charge < -0.3 is 15.4 Å². The molecular weight excluding hydrogens is 228 g/mol. The highest BCUT2D eigenvalue weighted by molar-refractivity contribution is 5.82. The Kier molecular flexibility index (Phi) is 3.87. The lowest BCUT2D eigenvalue weighted by Crippen LogP contribution is -2.33. The Morgan fingerprint density at radius 3 is 2.50 bits per heavy atom. The molecule has 0 saturated heterocycles. The zero-order valence-electron chi connectivity index (χ0n) is 10.9. The van der Waals surface area contributed by atoms with Crippen LogP contribution in [-0.2, 0) is 11.3 Å². The third kappa shape index (κ3) is 2.82. The second-order valence-electron chi connectivity index (χ2n) is 4.71. The van der Waals surface area contributed by atoms with Crippen molar-refractivity contribution >= 4 is 5.91 Å². The summed E-state index contributed by atoms with van der Waals surface area (Å²) in [5, 5.41) is 0. The number of benzene rings is 1. The molecular formula is C14H20N2O2. The average Bonchev–Trinajstić information content (AvgIpc) is 3.13. The van der Waals surface area contributed by atoms with Gasteiger partial charge in [-0.3, -0.25) is 4.79 Å². The Hall–Kier alpha value is -1.55. The molecule has 0 aliphatic heterocycles. The first-order chi connectivity index (χ1) is 8.65. The molecule has 1 aromatic rings. The van der Waals surface area contributed by atoms with Crippen LogP contribution in [0.2, 0.25) is 0 Å². The molecule has 4 nitrogen and oxygen atoms in total. The number of methoxy groups -OCH3 is 1. The second kappa shape index (κ2) is 5.40. The molecule has 0 radical (unpaired) electrons. The predicted octanol–water partition coefficient (Wildman–Crippen LogP) is 1.39. The molecule has 0 spiro atoms. The molecule has 1 aliphatic carbocycles. The average molecular weight is 248 g/mol. The highest BCUT2D eigenvalue weighted by Gasteiger charge is 2.41. The third-order valence-electron chi connectivity index (χ3n) is 3.38. The van der Waals surface area contributed by atoms with E-state index in [2.05, 4.69) is 0 Å². The van der Waals surface area contributed by atoms with Crippen molar-refractivity contribution in [3.63, 3.8) is 0 Å². The second-order valence-corrected chi connectivity index (χ2v) is 4.71. The molecule has 0 bridgehead atoms. The molecule has 4 heteroatoms. The summed E-state index contributed by atoms with van der Waals surface area (Å²) in [6.07, 6.45) is 0.831. The fourth-order valence-electron chi connectivity index (χ4n) is 2.03. The molecule has 98 valence electrons. The molecule has 2 unspecified atom stereocenters. The molecule has 2 N–H and O–H groups in total. The maximum Gasteiger partial charge on any atom is 0.227 e. The fraction of sp³-hybridized carbons (Fsp3) is 0.500. The Balaban J connectivity index is 1.98. The van der Waals surface area contributed by atoms with Crippen molar-refractivity contribution in [2.75, 3.05) is 13.7 Å². The normalized spacial score (nSPS) is 21.5. The van der Waals surface area contributed by atoms with Gasteiger partial charge in [0.05, 0.1) is 13.0 Å². The van der Waals surface area contributed by atoms with E-state index in [-0.39, 0.29) is 17.9 Å². The van der Waals surface area contributed by atoms with Gasteiger partial charge in [-0.1, -0.05) is 12.1 Å². The lowest BCUT2D eigenvalue weighted by Gasteiger charge is -2.21. The minimum atomic E-state index is 0.0446. The van der Waals surface area contributed by atoms with Crippen molar-refractivity contribution in [2.45, 2.75) is 25.9 Å². The number of nitrogens with two attached hydrogens (primary N) is 1. The Labute approximate surface area is 108 Å². The van der Waals surface area contributed by atoms with Crippen LogP contribution in [0.3, 0.4) is 0 Å². The Morgan fingerprint density at radius 1 is 1.44 bits per heavy atom. The van der Waals surface area contributed by atoms with Crippen LogP contribution >= 0.6 is 0 Å². The number of nitrogens with zero attached hydrogens (tertiary/aromatic N) is 1. The molecule has 1 fully saturated rings. The first-order valence-electron chi connectivity index (χ1n) is 6.33. The molecule has 1 saturated carbocycles. The van der Waals surface area contributed by atoms with Gasteiger partial charge in [-0.05, 0) is 31.0 Å². The predicted molar refractivity (Wildman–Crippen MR) is 70.2 cm³/mol. The van der Waals surface area contributed by atoms with Crippen LogP contribution in [-0.4, -0.2) is 30.5 Å². The minimum Gasteiger partial charge on any atom is -0.497 e. The number of amides is 1. The number of ether oxygens (including phenoxy) is 1. The van der Waals surface area contributed by atoms with Crippen molar-refractivity contribution in [2.24, 2.45) is 11.7 Å². The van der Waals surface area contributed by atoms with Crippen LogP contribution in [0.4, 0.5) is 0 Å². The van der Waals surface area contributed by atoms with Gasteiger partial charge in [0.1, 0.15) is 5.75 Å². The Bertz CT molecular complexity index is 416. The van der Waals surface area contributed by atoms with Crippen molar-refractivity contribution in [3.8, 4) is 5.75 Å². The van der Waals surface area contributed by atoms with Gasteiger partial charge in [0.15, 0.2) is 0 Å². The molecule has 2 rings (SSSR count). The van der Waals surface area contributed by atoms with E-state index >= 15 is 0 Å². The smallest absolute Gasteiger partial charge is 0.227 e. The number of hydrogen-bond donors (Lipinski definition) is 1. The number of carbonyl (C=O) groups is 1. The van der Waals surface area contributed by atoms with E-state index in [4.69, 9.17) is 10.5 Å². The van der Waals surface area contributed by atoms with E-state index in [1.807, 2.05) is 36.1 Å². The van der Waals surface area contributed by atoms with Gasteiger partial charge in [-0.25, -0.2) is 0 Å². The van der Waals surface area contributed by atoms with E-state index in [1.54, 1.807) is 7.11 Å². The standard InChI is InChI=1S/C14H20N2O2/c1-3-16(14(17)12-8-13(12)15)9-10-4-6-11(18-2)7-5-10/h4-7,12-13H,3,8-9,15H2,1-2H3. The van der Waals surface area contributed by atoms with Crippen LogP contribution in [0.5, 0.6) is 5.75 Å². The molecule has 0 heterocycles. The van der Waals surface area contributed by atoms with Gasteiger partial charge >= 0.3 is 0 Å².